The van der Waals surface area contributed by atoms with Gasteiger partial charge in [0.15, 0.2) is 5.15 Å². The van der Waals surface area contributed by atoms with Crippen LogP contribution < -0.4 is 10.2 Å². The van der Waals surface area contributed by atoms with Crippen molar-refractivity contribution in [1.29, 1.82) is 0 Å². The molecule has 0 bridgehead atoms. The molecule has 2 aromatic heterocycles. The fraction of sp³-hybridized carbons (Fsp3) is 0.364. The first-order valence-electron chi connectivity index (χ1n) is 5.12. The highest BCUT2D eigenvalue weighted by molar-refractivity contribution is 6.33. The van der Waals surface area contributed by atoms with Crippen LogP contribution in [0.4, 0.5) is 5.69 Å². The molecule has 0 aliphatic rings. The van der Waals surface area contributed by atoms with Gasteiger partial charge in [0.2, 0.25) is 0 Å². The van der Waals surface area contributed by atoms with Crippen LogP contribution >= 0.6 is 11.6 Å². The third-order valence-corrected chi connectivity index (χ3v) is 2.75. The van der Waals surface area contributed by atoms with Crippen LogP contribution in [-0.4, -0.2) is 30.5 Å². The summed E-state index contributed by atoms with van der Waals surface area (Å²) in [5.74, 6) is 0.922. The van der Waals surface area contributed by atoms with Crippen molar-refractivity contribution >= 4 is 22.8 Å². The zero-order chi connectivity index (χ0) is 11.7. The molecule has 0 aliphatic carbocycles. The van der Waals surface area contributed by atoms with Gasteiger partial charge in [-0.15, -0.1) is 0 Å². The summed E-state index contributed by atoms with van der Waals surface area (Å²) in [7, 11) is 5.89. The van der Waals surface area contributed by atoms with Crippen LogP contribution in [0.1, 0.15) is 5.82 Å². The highest BCUT2D eigenvalue weighted by atomic mass is 35.5. The first kappa shape index (κ1) is 11.2. The smallest absolute Gasteiger partial charge is 0.157 e. The third-order valence-electron chi connectivity index (χ3n) is 2.49. The Morgan fingerprint density at radius 2 is 2.25 bits per heavy atom. The van der Waals surface area contributed by atoms with Crippen LogP contribution in [0.2, 0.25) is 5.15 Å². The second-order valence-corrected chi connectivity index (χ2v) is 4.21. The van der Waals surface area contributed by atoms with Crippen LogP contribution in [0.15, 0.2) is 18.3 Å². The Morgan fingerprint density at radius 1 is 1.50 bits per heavy atom. The van der Waals surface area contributed by atoms with E-state index in [1.165, 1.54) is 0 Å². The maximum atomic E-state index is 6.18. The van der Waals surface area contributed by atoms with E-state index in [0.29, 0.717) is 11.7 Å². The molecule has 86 valence electrons. The fourth-order valence-electron chi connectivity index (χ4n) is 1.78. The lowest BCUT2D eigenvalue weighted by atomic mass is 10.3. The second-order valence-electron chi connectivity index (χ2n) is 3.86. The van der Waals surface area contributed by atoms with Crippen molar-refractivity contribution in [3.05, 3.63) is 29.3 Å². The second kappa shape index (κ2) is 4.31. The molecular formula is C11H15ClN4. The number of imidazole rings is 1. The summed E-state index contributed by atoms with van der Waals surface area (Å²) < 4.78 is 2.02. The molecule has 0 spiro atoms. The molecule has 0 unspecified atom stereocenters. The summed E-state index contributed by atoms with van der Waals surface area (Å²) in [4.78, 5) is 6.40. The molecule has 2 aromatic rings. The van der Waals surface area contributed by atoms with Crippen molar-refractivity contribution in [2.75, 3.05) is 26.0 Å². The molecule has 16 heavy (non-hydrogen) atoms. The van der Waals surface area contributed by atoms with Gasteiger partial charge in [0.25, 0.3) is 0 Å². The van der Waals surface area contributed by atoms with Crippen molar-refractivity contribution in [2.24, 2.45) is 0 Å². The maximum Gasteiger partial charge on any atom is 0.157 e. The largest absolute Gasteiger partial charge is 0.376 e. The summed E-state index contributed by atoms with van der Waals surface area (Å²) in [6.45, 7) is 0.699. The Bertz CT molecular complexity index is 504. The number of aromatic nitrogens is 2. The summed E-state index contributed by atoms with van der Waals surface area (Å²) in [6, 6.07) is 4.03. The Morgan fingerprint density at radius 3 is 2.88 bits per heavy atom. The number of pyridine rings is 1. The van der Waals surface area contributed by atoms with Gasteiger partial charge in [-0.2, -0.15) is 0 Å². The number of nitrogens with zero attached hydrogens (tertiary/aromatic N) is 3. The highest BCUT2D eigenvalue weighted by Crippen LogP contribution is 2.27. The van der Waals surface area contributed by atoms with E-state index in [1.807, 2.05) is 48.8 Å². The van der Waals surface area contributed by atoms with E-state index in [9.17, 15) is 0 Å². The van der Waals surface area contributed by atoms with E-state index in [0.717, 1.165) is 17.0 Å². The van der Waals surface area contributed by atoms with Crippen molar-refractivity contribution < 1.29 is 0 Å². The van der Waals surface area contributed by atoms with Crippen LogP contribution in [0.25, 0.3) is 5.52 Å². The molecule has 0 saturated heterocycles. The van der Waals surface area contributed by atoms with Gasteiger partial charge in [-0.05, 0) is 19.2 Å². The number of anilines is 1. The molecule has 0 fully saturated rings. The average molecular weight is 239 g/mol. The van der Waals surface area contributed by atoms with Crippen molar-refractivity contribution in [1.82, 2.24) is 14.7 Å². The monoisotopic (exact) mass is 238 g/mol. The number of nitrogens with one attached hydrogen (secondary N) is 1. The molecule has 0 amide bonds. The Hall–Kier alpha value is -1.26. The van der Waals surface area contributed by atoms with E-state index in [-0.39, 0.29) is 0 Å². The van der Waals surface area contributed by atoms with Gasteiger partial charge in [-0.1, -0.05) is 11.6 Å². The minimum Gasteiger partial charge on any atom is -0.376 e. The number of hydrogen-bond acceptors (Lipinski definition) is 3. The average Bonchev–Trinajstić information content (AvgIpc) is 2.57. The molecule has 0 atom stereocenters. The van der Waals surface area contributed by atoms with Crippen LogP contribution in [0.3, 0.4) is 0 Å². The van der Waals surface area contributed by atoms with Crippen LogP contribution in [-0.2, 0) is 6.54 Å². The van der Waals surface area contributed by atoms with Crippen LogP contribution in [0.5, 0.6) is 0 Å². The Labute approximate surface area is 99.8 Å². The Balaban J connectivity index is 2.69. The van der Waals surface area contributed by atoms with E-state index in [2.05, 4.69) is 10.3 Å². The number of halogens is 1. The predicted octanol–water partition coefficient (Wildman–Crippen LogP) is 1.77. The molecule has 2 rings (SSSR count). The van der Waals surface area contributed by atoms with Crippen molar-refractivity contribution in [3.63, 3.8) is 0 Å². The molecule has 1 N–H and O–H groups in total. The quantitative estimate of drug-likeness (QED) is 0.885. The van der Waals surface area contributed by atoms with Gasteiger partial charge in [-0.3, -0.25) is 4.40 Å². The lowest BCUT2D eigenvalue weighted by molar-refractivity contribution is 0.755. The number of hydrogen-bond donors (Lipinski definition) is 1. The molecule has 5 heteroatoms. The molecule has 4 nitrogen and oxygen atoms in total. The molecular weight excluding hydrogens is 224 g/mol. The first-order chi connectivity index (χ1) is 7.65. The zero-order valence-corrected chi connectivity index (χ0v) is 10.4. The van der Waals surface area contributed by atoms with Crippen LogP contribution in [0, 0.1) is 0 Å². The molecule has 0 saturated carbocycles. The normalized spacial score (nSPS) is 11.0. The summed E-state index contributed by atoms with van der Waals surface area (Å²) in [5, 5.41) is 3.63. The van der Waals surface area contributed by atoms with Gasteiger partial charge in [-0.25, -0.2) is 4.98 Å². The minimum absolute atomic E-state index is 0.551. The van der Waals surface area contributed by atoms with Gasteiger partial charge in [0, 0.05) is 20.3 Å². The fourth-order valence-corrected chi connectivity index (χ4v) is 2.07. The Kier molecular flexibility index (Phi) is 3.03. The van der Waals surface area contributed by atoms with Gasteiger partial charge < -0.3 is 10.2 Å². The summed E-state index contributed by atoms with van der Waals surface area (Å²) in [6.07, 6.45) is 1.98. The SMILES string of the molecule is CNCc1nc(Cl)c2c(N(C)C)cccn12. The summed E-state index contributed by atoms with van der Waals surface area (Å²) >= 11 is 6.18. The lowest BCUT2D eigenvalue weighted by Crippen LogP contribution is -2.11. The predicted molar refractivity (Wildman–Crippen MR) is 67.3 cm³/mol. The van der Waals surface area contributed by atoms with E-state index in [4.69, 9.17) is 11.6 Å². The first-order valence-corrected chi connectivity index (χ1v) is 5.50. The lowest BCUT2D eigenvalue weighted by Gasteiger charge is -2.14. The molecule has 0 aliphatic heterocycles. The van der Waals surface area contributed by atoms with E-state index >= 15 is 0 Å². The van der Waals surface area contributed by atoms with Crippen molar-refractivity contribution in [3.8, 4) is 0 Å². The van der Waals surface area contributed by atoms with Gasteiger partial charge in [0.1, 0.15) is 11.3 Å². The van der Waals surface area contributed by atoms with E-state index in [1.54, 1.807) is 0 Å². The highest BCUT2D eigenvalue weighted by Gasteiger charge is 2.13. The third kappa shape index (κ3) is 1.74. The standard InChI is InChI=1S/C11H15ClN4/c1-13-7-9-14-11(12)10-8(15(2)3)5-4-6-16(9)10/h4-6,13H,7H2,1-3H3. The molecule has 2 heterocycles. The molecule has 0 aromatic carbocycles. The number of rotatable bonds is 3. The minimum atomic E-state index is 0.551. The van der Waals surface area contributed by atoms with Gasteiger partial charge in [0.05, 0.1) is 12.2 Å². The molecule has 0 radical (unpaired) electrons. The topological polar surface area (TPSA) is 32.6 Å². The maximum absolute atomic E-state index is 6.18. The van der Waals surface area contributed by atoms with Gasteiger partial charge >= 0.3 is 0 Å². The number of fused-ring (bicyclic) bond motifs is 1. The summed E-state index contributed by atoms with van der Waals surface area (Å²) in [5.41, 5.74) is 2.03. The van der Waals surface area contributed by atoms with E-state index < -0.39 is 0 Å². The van der Waals surface area contributed by atoms with Crippen molar-refractivity contribution in [2.45, 2.75) is 6.54 Å². The zero-order valence-electron chi connectivity index (χ0n) is 9.66.